The molecule has 3 nitrogen and oxygen atoms in total. The SMILES string of the molecule is Cc1cc2ccccc2nc1NCC1(C)CCOCC1. The van der Waals surface area contributed by atoms with Gasteiger partial charge < -0.3 is 10.1 Å². The highest BCUT2D eigenvalue weighted by Gasteiger charge is 2.27. The quantitative estimate of drug-likeness (QED) is 0.921. The second-order valence-corrected chi connectivity index (χ2v) is 6.12. The van der Waals surface area contributed by atoms with Gasteiger partial charge in [0, 0.05) is 25.1 Å². The predicted octanol–water partition coefficient (Wildman–Crippen LogP) is 3.77. The van der Waals surface area contributed by atoms with Crippen LogP contribution in [0.25, 0.3) is 10.9 Å². The second kappa shape index (κ2) is 5.41. The number of benzene rings is 1. The van der Waals surface area contributed by atoms with Crippen molar-refractivity contribution in [2.24, 2.45) is 5.41 Å². The molecule has 2 heterocycles. The van der Waals surface area contributed by atoms with E-state index in [1.165, 1.54) is 10.9 Å². The van der Waals surface area contributed by atoms with Gasteiger partial charge in [0.2, 0.25) is 0 Å². The van der Waals surface area contributed by atoms with Crippen molar-refractivity contribution in [1.29, 1.82) is 0 Å². The number of nitrogens with one attached hydrogen (secondary N) is 1. The molecule has 20 heavy (non-hydrogen) atoms. The number of aryl methyl sites for hydroxylation is 1. The number of para-hydroxylation sites is 1. The zero-order valence-electron chi connectivity index (χ0n) is 12.3. The highest BCUT2D eigenvalue weighted by molar-refractivity contribution is 5.81. The molecule has 0 bridgehead atoms. The molecule has 1 aromatic heterocycles. The molecular weight excluding hydrogens is 248 g/mol. The first-order valence-electron chi connectivity index (χ1n) is 7.34. The number of aromatic nitrogens is 1. The average Bonchev–Trinajstić information content (AvgIpc) is 2.46. The molecule has 1 fully saturated rings. The summed E-state index contributed by atoms with van der Waals surface area (Å²) < 4.78 is 5.45. The van der Waals surface area contributed by atoms with Gasteiger partial charge in [-0.05, 0) is 42.9 Å². The summed E-state index contributed by atoms with van der Waals surface area (Å²) in [6, 6.07) is 10.5. The first-order valence-corrected chi connectivity index (χ1v) is 7.34. The fraction of sp³-hybridized carbons (Fsp3) is 0.471. The van der Waals surface area contributed by atoms with Crippen molar-refractivity contribution < 1.29 is 4.74 Å². The van der Waals surface area contributed by atoms with Crippen LogP contribution in [0.1, 0.15) is 25.3 Å². The van der Waals surface area contributed by atoms with Gasteiger partial charge in [0.1, 0.15) is 5.82 Å². The topological polar surface area (TPSA) is 34.2 Å². The molecule has 0 spiro atoms. The van der Waals surface area contributed by atoms with Crippen LogP contribution in [0.15, 0.2) is 30.3 Å². The van der Waals surface area contributed by atoms with Crippen LogP contribution in [0.5, 0.6) is 0 Å². The smallest absolute Gasteiger partial charge is 0.129 e. The highest BCUT2D eigenvalue weighted by atomic mass is 16.5. The molecule has 1 aliphatic heterocycles. The fourth-order valence-corrected chi connectivity index (χ4v) is 2.74. The molecule has 3 heteroatoms. The summed E-state index contributed by atoms with van der Waals surface area (Å²) >= 11 is 0. The van der Waals surface area contributed by atoms with E-state index >= 15 is 0 Å². The number of nitrogens with zero attached hydrogens (tertiary/aromatic N) is 1. The Morgan fingerprint density at radius 3 is 2.80 bits per heavy atom. The molecule has 1 aromatic carbocycles. The lowest BCUT2D eigenvalue weighted by Crippen LogP contribution is -2.33. The van der Waals surface area contributed by atoms with E-state index in [-0.39, 0.29) is 0 Å². The summed E-state index contributed by atoms with van der Waals surface area (Å²) in [4.78, 5) is 4.75. The van der Waals surface area contributed by atoms with Crippen LogP contribution >= 0.6 is 0 Å². The van der Waals surface area contributed by atoms with E-state index in [0.29, 0.717) is 5.41 Å². The second-order valence-electron chi connectivity index (χ2n) is 6.12. The number of pyridine rings is 1. The Bertz CT molecular complexity index is 603. The van der Waals surface area contributed by atoms with Crippen LogP contribution in [0.2, 0.25) is 0 Å². The molecule has 0 atom stereocenters. The maximum absolute atomic E-state index is 5.45. The van der Waals surface area contributed by atoms with Crippen molar-refractivity contribution in [3.05, 3.63) is 35.9 Å². The van der Waals surface area contributed by atoms with E-state index in [2.05, 4.69) is 43.4 Å². The third kappa shape index (κ3) is 2.78. The van der Waals surface area contributed by atoms with Crippen molar-refractivity contribution in [3.8, 4) is 0 Å². The van der Waals surface area contributed by atoms with Crippen molar-refractivity contribution >= 4 is 16.7 Å². The summed E-state index contributed by atoms with van der Waals surface area (Å²) in [7, 11) is 0. The molecule has 1 aliphatic rings. The van der Waals surface area contributed by atoms with Gasteiger partial charge in [-0.25, -0.2) is 4.98 Å². The van der Waals surface area contributed by atoms with Gasteiger partial charge in [0.05, 0.1) is 5.52 Å². The molecule has 3 rings (SSSR count). The van der Waals surface area contributed by atoms with Crippen LogP contribution < -0.4 is 5.32 Å². The molecule has 0 saturated carbocycles. The van der Waals surface area contributed by atoms with Gasteiger partial charge in [-0.2, -0.15) is 0 Å². The zero-order valence-corrected chi connectivity index (χ0v) is 12.3. The van der Waals surface area contributed by atoms with E-state index in [1.807, 2.05) is 6.07 Å². The van der Waals surface area contributed by atoms with E-state index in [4.69, 9.17) is 9.72 Å². The van der Waals surface area contributed by atoms with Crippen molar-refractivity contribution in [2.45, 2.75) is 26.7 Å². The first-order chi connectivity index (χ1) is 9.66. The number of hydrogen-bond acceptors (Lipinski definition) is 3. The Hall–Kier alpha value is -1.61. The average molecular weight is 270 g/mol. The van der Waals surface area contributed by atoms with E-state index in [1.54, 1.807) is 0 Å². The minimum Gasteiger partial charge on any atom is -0.381 e. The third-order valence-electron chi connectivity index (χ3n) is 4.30. The summed E-state index contributed by atoms with van der Waals surface area (Å²) in [6.45, 7) is 7.17. The van der Waals surface area contributed by atoms with Crippen LogP contribution in [-0.4, -0.2) is 24.7 Å². The molecule has 0 aliphatic carbocycles. The van der Waals surface area contributed by atoms with E-state index in [9.17, 15) is 0 Å². The van der Waals surface area contributed by atoms with E-state index in [0.717, 1.165) is 43.9 Å². The maximum atomic E-state index is 5.45. The standard InChI is InChI=1S/C17H22N2O/c1-13-11-14-5-3-4-6-15(14)19-16(13)18-12-17(2)7-9-20-10-8-17/h3-6,11H,7-10,12H2,1-2H3,(H,18,19). The summed E-state index contributed by atoms with van der Waals surface area (Å²) in [5.74, 6) is 1.01. The van der Waals surface area contributed by atoms with Gasteiger partial charge in [0.25, 0.3) is 0 Å². The lowest BCUT2D eigenvalue weighted by Gasteiger charge is -2.33. The molecule has 0 unspecified atom stereocenters. The zero-order chi connectivity index (χ0) is 14.0. The normalized spacial score (nSPS) is 18.1. The molecule has 1 saturated heterocycles. The van der Waals surface area contributed by atoms with Gasteiger partial charge >= 0.3 is 0 Å². The first kappa shape index (κ1) is 13.4. The van der Waals surface area contributed by atoms with Gasteiger partial charge in [-0.3, -0.25) is 0 Å². The Morgan fingerprint density at radius 1 is 1.25 bits per heavy atom. The van der Waals surface area contributed by atoms with Crippen molar-refractivity contribution in [2.75, 3.05) is 25.1 Å². The number of hydrogen-bond donors (Lipinski definition) is 1. The van der Waals surface area contributed by atoms with Crippen molar-refractivity contribution in [3.63, 3.8) is 0 Å². The number of ether oxygens (including phenoxy) is 1. The minimum atomic E-state index is 0.317. The monoisotopic (exact) mass is 270 g/mol. The molecule has 2 aromatic rings. The molecule has 0 radical (unpaired) electrons. The predicted molar refractivity (Wildman–Crippen MR) is 83.1 cm³/mol. The van der Waals surface area contributed by atoms with Crippen LogP contribution in [0.4, 0.5) is 5.82 Å². The molecule has 0 amide bonds. The highest BCUT2D eigenvalue weighted by Crippen LogP contribution is 2.30. The number of rotatable bonds is 3. The lowest BCUT2D eigenvalue weighted by molar-refractivity contribution is 0.0300. The molecular formula is C17H22N2O. The van der Waals surface area contributed by atoms with Crippen LogP contribution in [-0.2, 0) is 4.74 Å². The minimum absolute atomic E-state index is 0.317. The van der Waals surface area contributed by atoms with Crippen LogP contribution in [0, 0.1) is 12.3 Å². The van der Waals surface area contributed by atoms with Crippen LogP contribution in [0.3, 0.4) is 0 Å². The largest absolute Gasteiger partial charge is 0.381 e. The van der Waals surface area contributed by atoms with E-state index < -0.39 is 0 Å². The number of fused-ring (bicyclic) bond motifs is 1. The molecule has 1 N–H and O–H groups in total. The Kier molecular flexibility index (Phi) is 3.62. The fourth-order valence-electron chi connectivity index (χ4n) is 2.74. The van der Waals surface area contributed by atoms with Gasteiger partial charge in [-0.15, -0.1) is 0 Å². The Morgan fingerprint density at radius 2 is 2.00 bits per heavy atom. The van der Waals surface area contributed by atoms with Gasteiger partial charge in [-0.1, -0.05) is 25.1 Å². The number of anilines is 1. The summed E-state index contributed by atoms with van der Waals surface area (Å²) in [5.41, 5.74) is 2.58. The summed E-state index contributed by atoms with van der Waals surface area (Å²) in [6.07, 6.45) is 2.24. The maximum Gasteiger partial charge on any atom is 0.129 e. The lowest BCUT2D eigenvalue weighted by atomic mass is 9.82. The molecule has 106 valence electrons. The Labute approximate surface area is 120 Å². The van der Waals surface area contributed by atoms with Gasteiger partial charge in [0.15, 0.2) is 0 Å². The Balaban J connectivity index is 1.78. The van der Waals surface area contributed by atoms with Crippen molar-refractivity contribution in [1.82, 2.24) is 4.98 Å². The third-order valence-corrected chi connectivity index (χ3v) is 4.30. The summed E-state index contributed by atoms with van der Waals surface area (Å²) in [5, 5.41) is 4.75.